The number of amides is 3. The number of nitrogens with zero attached hydrogens (tertiary/aromatic N) is 3. The number of rotatable bonds is 9. The normalized spacial score (nSPS) is 27.7. The van der Waals surface area contributed by atoms with Crippen LogP contribution in [-0.2, 0) is 14.4 Å². The maximum Gasteiger partial charge on any atom is 0.251 e. The Morgan fingerprint density at radius 2 is 1.75 bits per heavy atom. The number of anilines is 2. The third-order valence-electron chi connectivity index (χ3n) is 9.13. The number of aliphatic hydroxyl groups excluding tert-OH is 1. The topological polar surface area (TPSA) is 90.4 Å². The number of halogens is 1. The maximum absolute atomic E-state index is 14.7. The number of aliphatic hydroxyl groups is 1. The van der Waals surface area contributed by atoms with Crippen LogP contribution in [0, 0.1) is 18.8 Å². The van der Waals surface area contributed by atoms with E-state index >= 15 is 0 Å². The van der Waals surface area contributed by atoms with Gasteiger partial charge in [0, 0.05) is 37.2 Å². The van der Waals surface area contributed by atoms with Crippen LogP contribution in [0.5, 0.6) is 5.75 Å². The van der Waals surface area contributed by atoms with Crippen molar-refractivity contribution in [3.63, 3.8) is 0 Å². The monoisotopic (exact) mass is 635 g/mol. The summed E-state index contributed by atoms with van der Waals surface area (Å²) in [5.74, 6) is -1.06. The van der Waals surface area contributed by atoms with E-state index in [2.05, 4.69) is 0 Å². The quantitative estimate of drug-likeness (QED) is 0.308. The summed E-state index contributed by atoms with van der Waals surface area (Å²) in [6.45, 7) is 5.57. The average molecular weight is 636 g/mol. The van der Waals surface area contributed by atoms with Gasteiger partial charge in [0.25, 0.3) is 5.91 Å². The number of aryl methyl sites for hydroxylation is 1. The number of carbonyl (C=O) groups is 3. The molecular weight excluding hydrogens is 598 g/mol. The fourth-order valence-electron chi connectivity index (χ4n) is 7.23. The molecular formula is C34H38ClN3O5S. The van der Waals surface area contributed by atoms with E-state index in [0.29, 0.717) is 49.8 Å². The van der Waals surface area contributed by atoms with Gasteiger partial charge >= 0.3 is 0 Å². The Hall–Kier alpha value is -3.27. The molecule has 5 atom stereocenters. The summed E-state index contributed by atoms with van der Waals surface area (Å²) in [7, 11) is 0. The van der Waals surface area contributed by atoms with Gasteiger partial charge in [0.05, 0.1) is 33.9 Å². The van der Waals surface area contributed by atoms with Gasteiger partial charge in [-0.3, -0.25) is 14.4 Å². The third kappa shape index (κ3) is 5.12. The number of benzene rings is 2. The summed E-state index contributed by atoms with van der Waals surface area (Å²) in [6, 6.07) is 12.2. The van der Waals surface area contributed by atoms with E-state index in [0.717, 1.165) is 23.4 Å². The summed E-state index contributed by atoms with van der Waals surface area (Å²) in [5, 5.41) is 9.57. The number of thioether (sulfide) groups is 1. The zero-order valence-electron chi connectivity index (χ0n) is 25.0. The number of para-hydroxylation sites is 1. The highest BCUT2D eigenvalue weighted by molar-refractivity contribution is 8.02. The molecule has 0 aliphatic carbocycles. The Balaban J connectivity index is 1.40. The van der Waals surface area contributed by atoms with E-state index in [1.165, 1.54) is 0 Å². The lowest BCUT2D eigenvalue weighted by Gasteiger charge is -2.35. The Bertz CT molecular complexity index is 1480. The number of hydrogen-bond acceptors (Lipinski definition) is 6. The Morgan fingerprint density at radius 1 is 0.977 bits per heavy atom. The standard InChI is InChI=1S/C34H38ClN3O5S/c1-3-43-24-15-13-23(14-16-24)36-19-8-12-26-27(31(36)40)28-32(41)38(18-5-4-6-21-39)30-33(42)37(20-9-17-34(28,30)44-26)29-22(2)10-7-11-25(29)35/h7-17,26-28,30,39H,3-6,18-21H2,1-2H3/t26-,27+,28-,30?,34-/m0/s1. The van der Waals surface area contributed by atoms with Crippen molar-refractivity contribution in [1.29, 1.82) is 0 Å². The van der Waals surface area contributed by atoms with Crippen molar-refractivity contribution in [2.45, 2.75) is 49.1 Å². The summed E-state index contributed by atoms with van der Waals surface area (Å²) in [4.78, 5) is 48.8. The van der Waals surface area contributed by atoms with Gasteiger partial charge in [0.2, 0.25) is 11.8 Å². The molecule has 2 saturated heterocycles. The molecule has 4 heterocycles. The highest BCUT2D eigenvalue weighted by Crippen LogP contribution is 2.61. The van der Waals surface area contributed by atoms with Gasteiger partial charge in [0.1, 0.15) is 11.8 Å². The van der Waals surface area contributed by atoms with Crippen LogP contribution in [0.15, 0.2) is 66.8 Å². The molecule has 1 spiro atoms. The zero-order valence-corrected chi connectivity index (χ0v) is 26.6. The van der Waals surface area contributed by atoms with Crippen LogP contribution in [-0.4, -0.2) is 76.6 Å². The first kappa shape index (κ1) is 30.7. The van der Waals surface area contributed by atoms with E-state index in [4.69, 9.17) is 16.3 Å². The molecule has 1 unspecified atom stereocenters. The molecule has 4 aliphatic rings. The summed E-state index contributed by atoms with van der Waals surface area (Å²) < 4.78 is 4.69. The molecule has 2 fully saturated rings. The highest BCUT2D eigenvalue weighted by atomic mass is 35.5. The summed E-state index contributed by atoms with van der Waals surface area (Å²) in [5.41, 5.74) is 2.26. The minimum Gasteiger partial charge on any atom is -0.494 e. The Labute approximate surface area is 267 Å². The van der Waals surface area contributed by atoms with Gasteiger partial charge in [-0.05, 0) is 69.0 Å². The largest absolute Gasteiger partial charge is 0.494 e. The number of likely N-dealkylation sites (tertiary alicyclic amines) is 1. The van der Waals surface area contributed by atoms with Crippen molar-refractivity contribution < 1.29 is 24.2 Å². The second-order valence-corrected chi connectivity index (χ2v) is 13.6. The van der Waals surface area contributed by atoms with Crippen LogP contribution in [0.2, 0.25) is 5.02 Å². The van der Waals surface area contributed by atoms with Crippen molar-refractivity contribution in [2.24, 2.45) is 11.8 Å². The van der Waals surface area contributed by atoms with Crippen LogP contribution in [0.25, 0.3) is 0 Å². The van der Waals surface area contributed by atoms with Gasteiger partial charge in [-0.15, -0.1) is 11.8 Å². The van der Waals surface area contributed by atoms with E-state index in [1.54, 1.807) is 32.5 Å². The zero-order chi connectivity index (χ0) is 31.0. The van der Waals surface area contributed by atoms with E-state index in [9.17, 15) is 19.5 Å². The molecule has 4 aliphatic heterocycles. The molecule has 44 heavy (non-hydrogen) atoms. The van der Waals surface area contributed by atoms with Gasteiger partial charge < -0.3 is 24.5 Å². The fourth-order valence-corrected chi connectivity index (χ4v) is 9.56. The number of fused-ring (bicyclic) bond motifs is 2. The first-order valence-electron chi connectivity index (χ1n) is 15.4. The first-order valence-corrected chi connectivity index (χ1v) is 16.6. The minimum atomic E-state index is -0.910. The van der Waals surface area contributed by atoms with Gasteiger partial charge in [-0.25, -0.2) is 0 Å². The van der Waals surface area contributed by atoms with E-state index in [-0.39, 0.29) is 29.6 Å². The molecule has 8 nitrogen and oxygen atoms in total. The molecule has 2 aromatic rings. The molecule has 1 N–H and O–H groups in total. The van der Waals surface area contributed by atoms with Crippen molar-refractivity contribution in [1.82, 2.24) is 4.90 Å². The molecule has 2 aromatic carbocycles. The number of unbranched alkanes of at least 4 members (excludes halogenated alkanes) is 2. The minimum absolute atomic E-state index is 0.0764. The molecule has 6 rings (SSSR count). The maximum atomic E-state index is 14.7. The van der Waals surface area contributed by atoms with E-state index in [1.807, 2.05) is 74.5 Å². The third-order valence-corrected chi connectivity index (χ3v) is 11.2. The second kappa shape index (κ2) is 12.6. The lowest BCUT2D eigenvalue weighted by molar-refractivity contribution is -0.138. The summed E-state index contributed by atoms with van der Waals surface area (Å²) in [6.07, 6.45) is 10.0. The Kier molecular flexibility index (Phi) is 8.81. The lowest BCUT2D eigenvalue weighted by Crippen LogP contribution is -2.53. The smallest absolute Gasteiger partial charge is 0.251 e. The van der Waals surface area contributed by atoms with Crippen molar-refractivity contribution in [2.75, 3.05) is 42.6 Å². The van der Waals surface area contributed by atoms with Crippen LogP contribution in [0.1, 0.15) is 31.7 Å². The van der Waals surface area contributed by atoms with Gasteiger partial charge in [-0.1, -0.05) is 48.0 Å². The lowest BCUT2D eigenvalue weighted by atomic mass is 9.78. The van der Waals surface area contributed by atoms with Crippen LogP contribution < -0.4 is 14.5 Å². The highest BCUT2D eigenvalue weighted by Gasteiger charge is 2.71. The molecule has 0 aromatic heterocycles. The average Bonchev–Trinajstić information content (AvgIpc) is 3.32. The fraction of sp³-hybridized carbons (Fsp3) is 0.441. The van der Waals surface area contributed by atoms with Crippen LogP contribution in [0.4, 0.5) is 11.4 Å². The van der Waals surface area contributed by atoms with Crippen molar-refractivity contribution in [3.05, 3.63) is 77.4 Å². The van der Waals surface area contributed by atoms with Gasteiger partial charge in [0.15, 0.2) is 0 Å². The van der Waals surface area contributed by atoms with Crippen molar-refractivity contribution in [3.8, 4) is 5.75 Å². The van der Waals surface area contributed by atoms with Crippen molar-refractivity contribution >= 4 is 52.5 Å². The number of hydrogen-bond donors (Lipinski definition) is 1. The molecule has 3 amide bonds. The molecule has 0 bridgehead atoms. The second-order valence-electron chi connectivity index (χ2n) is 11.7. The first-order chi connectivity index (χ1) is 21.3. The molecule has 232 valence electrons. The number of ether oxygens (including phenoxy) is 1. The van der Waals surface area contributed by atoms with Crippen LogP contribution >= 0.6 is 23.4 Å². The van der Waals surface area contributed by atoms with Crippen LogP contribution in [0.3, 0.4) is 0 Å². The molecule has 0 radical (unpaired) electrons. The SMILES string of the molecule is CCOc1ccc(N2CC=C[C@@H]3S[C@]45C=CCN(c6c(C)cccc6Cl)C(=O)C4N(CCCCCO)C(=O)[C@@H]5[C@@H]3C2=O)cc1. The molecule has 10 heteroatoms. The predicted octanol–water partition coefficient (Wildman–Crippen LogP) is 5.01. The summed E-state index contributed by atoms with van der Waals surface area (Å²) >= 11 is 8.23. The van der Waals surface area contributed by atoms with Gasteiger partial charge in [-0.2, -0.15) is 0 Å². The molecule has 0 saturated carbocycles. The number of carbonyl (C=O) groups excluding carboxylic acids is 3. The Morgan fingerprint density at radius 3 is 2.48 bits per heavy atom. The van der Waals surface area contributed by atoms with E-state index < -0.39 is 22.6 Å². The predicted molar refractivity (Wildman–Crippen MR) is 174 cm³/mol.